The molecule has 26 heavy (non-hydrogen) atoms. The highest BCUT2D eigenvalue weighted by atomic mass is 35.5. The van der Waals surface area contributed by atoms with E-state index in [0.717, 1.165) is 5.39 Å². The molecule has 0 atom stereocenters. The fourth-order valence-corrected chi connectivity index (χ4v) is 2.58. The van der Waals surface area contributed by atoms with Crippen molar-refractivity contribution in [2.75, 3.05) is 10.6 Å². The molecule has 0 heterocycles. The van der Waals surface area contributed by atoms with E-state index in [1.807, 2.05) is 12.1 Å². The van der Waals surface area contributed by atoms with Gasteiger partial charge in [0.2, 0.25) is 0 Å². The van der Waals surface area contributed by atoms with Gasteiger partial charge in [-0.15, -0.1) is 0 Å². The van der Waals surface area contributed by atoms with E-state index in [-0.39, 0.29) is 11.3 Å². The van der Waals surface area contributed by atoms with E-state index < -0.39 is 5.91 Å². The van der Waals surface area contributed by atoms with Crippen molar-refractivity contribution in [1.82, 2.24) is 0 Å². The van der Waals surface area contributed by atoms with Crippen LogP contribution in [0.1, 0.15) is 0 Å². The van der Waals surface area contributed by atoms with Gasteiger partial charge in [0.1, 0.15) is 17.4 Å². The van der Waals surface area contributed by atoms with E-state index in [0.29, 0.717) is 21.8 Å². The summed E-state index contributed by atoms with van der Waals surface area (Å²) in [5.74, 6) is -0.374. The number of aromatic hydroxyl groups is 1. The Bertz CT molecular complexity index is 1040. The quantitative estimate of drug-likeness (QED) is 0.465. The third-order valence-electron chi connectivity index (χ3n) is 3.74. The zero-order valence-electron chi connectivity index (χ0n) is 13.5. The van der Waals surface area contributed by atoms with Crippen LogP contribution in [0.3, 0.4) is 0 Å². The van der Waals surface area contributed by atoms with Crippen LogP contribution in [0.25, 0.3) is 10.8 Å². The Balaban J connectivity index is 1.82. The van der Waals surface area contributed by atoms with E-state index in [1.54, 1.807) is 54.6 Å². The fraction of sp³-hybridized carbons (Fsp3) is 0. The first-order valence-corrected chi connectivity index (χ1v) is 8.11. The lowest BCUT2D eigenvalue weighted by molar-refractivity contribution is -0.112. The lowest BCUT2D eigenvalue weighted by Crippen LogP contribution is -2.14. The molecule has 3 rings (SSSR count). The normalized spacial score (nSPS) is 11.0. The van der Waals surface area contributed by atoms with Gasteiger partial charge >= 0.3 is 0 Å². The average molecular weight is 364 g/mol. The van der Waals surface area contributed by atoms with Crippen LogP contribution in [-0.2, 0) is 4.79 Å². The van der Waals surface area contributed by atoms with Crippen molar-refractivity contribution < 1.29 is 9.90 Å². The fourth-order valence-electron chi connectivity index (χ4n) is 2.45. The Morgan fingerprint density at radius 1 is 1.04 bits per heavy atom. The van der Waals surface area contributed by atoms with Gasteiger partial charge in [-0.3, -0.25) is 4.79 Å². The van der Waals surface area contributed by atoms with Crippen LogP contribution in [-0.4, -0.2) is 11.0 Å². The van der Waals surface area contributed by atoms with Crippen molar-refractivity contribution in [3.05, 3.63) is 77.5 Å². The molecule has 0 fully saturated rings. The molecule has 0 aliphatic rings. The minimum absolute atomic E-state index is 0.0860. The largest absolute Gasteiger partial charge is 0.507 e. The monoisotopic (exact) mass is 363 g/mol. The number of hydrogen-bond donors (Lipinski definition) is 3. The minimum atomic E-state index is -0.537. The number of amides is 1. The van der Waals surface area contributed by atoms with Crippen LogP contribution in [0.2, 0.25) is 5.02 Å². The molecule has 1 amide bonds. The third kappa shape index (κ3) is 3.77. The summed E-state index contributed by atoms with van der Waals surface area (Å²) in [6.07, 6.45) is 1.34. The number of nitrogens with one attached hydrogen (secondary N) is 2. The molecule has 0 radical (unpaired) electrons. The molecule has 0 aliphatic carbocycles. The maximum atomic E-state index is 12.3. The molecule has 6 heteroatoms. The van der Waals surface area contributed by atoms with Gasteiger partial charge in [0, 0.05) is 33.4 Å². The number of nitrogens with zero attached hydrogens (tertiary/aromatic N) is 1. The SMILES string of the molecule is N#C/C(=C/Nc1cccc2c(O)cccc12)C(=O)Nc1ccc(Cl)cc1. The molecule has 0 aromatic heterocycles. The Morgan fingerprint density at radius 3 is 2.46 bits per heavy atom. The Labute approximate surface area is 155 Å². The molecule has 0 aliphatic heterocycles. The topological polar surface area (TPSA) is 85.2 Å². The smallest absolute Gasteiger partial charge is 0.267 e. The second-order valence-corrected chi connectivity index (χ2v) is 5.89. The van der Waals surface area contributed by atoms with Crippen molar-refractivity contribution in [1.29, 1.82) is 5.26 Å². The Morgan fingerprint density at radius 2 is 1.73 bits per heavy atom. The third-order valence-corrected chi connectivity index (χ3v) is 3.99. The highest BCUT2D eigenvalue weighted by Gasteiger charge is 2.10. The molecule has 0 bridgehead atoms. The second-order valence-electron chi connectivity index (χ2n) is 5.45. The molecule has 128 valence electrons. The van der Waals surface area contributed by atoms with Crippen LogP contribution in [0, 0.1) is 11.3 Å². The molecule has 0 saturated heterocycles. The number of phenols is 1. The summed E-state index contributed by atoms with van der Waals surface area (Å²) in [6, 6.07) is 19.0. The molecule has 0 spiro atoms. The van der Waals surface area contributed by atoms with Crippen LogP contribution < -0.4 is 10.6 Å². The molecular weight excluding hydrogens is 350 g/mol. The van der Waals surface area contributed by atoms with Crippen molar-refractivity contribution in [3.63, 3.8) is 0 Å². The number of nitriles is 1. The summed E-state index contributed by atoms with van der Waals surface area (Å²) in [5, 5.41) is 26.8. The van der Waals surface area contributed by atoms with Crippen LogP contribution >= 0.6 is 11.6 Å². The number of halogens is 1. The van der Waals surface area contributed by atoms with Crippen LogP contribution in [0.15, 0.2) is 72.4 Å². The number of fused-ring (bicyclic) bond motifs is 1. The molecule has 3 aromatic rings. The van der Waals surface area contributed by atoms with Gasteiger partial charge in [-0.25, -0.2) is 0 Å². The summed E-state index contributed by atoms with van der Waals surface area (Å²) in [4.78, 5) is 12.3. The Hall–Kier alpha value is -3.49. The summed E-state index contributed by atoms with van der Waals surface area (Å²) >= 11 is 5.81. The molecule has 5 nitrogen and oxygen atoms in total. The zero-order chi connectivity index (χ0) is 18.5. The van der Waals surface area contributed by atoms with Gasteiger partial charge in [-0.05, 0) is 36.4 Å². The number of anilines is 2. The van der Waals surface area contributed by atoms with Crippen LogP contribution in [0.5, 0.6) is 5.75 Å². The molecule has 0 saturated carbocycles. The van der Waals surface area contributed by atoms with E-state index in [1.165, 1.54) is 6.20 Å². The summed E-state index contributed by atoms with van der Waals surface area (Å²) in [6.45, 7) is 0. The van der Waals surface area contributed by atoms with Gasteiger partial charge in [0.15, 0.2) is 0 Å². The van der Waals surface area contributed by atoms with E-state index >= 15 is 0 Å². The number of hydrogen-bond acceptors (Lipinski definition) is 4. The van der Waals surface area contributed by atoms with E-state index in [9.17, 15) is 15.2 Å². The van der Waals surface area contributed by atoms with Gasteiger partial charge in [0.25, 0.3) is 5.91 Å². The lowest BCUT2D eigenvalue weighted by Gasteiger charge is -2.08. The van der Waals surface area contributed by atoms with Crippen LogP contribution in [0.4, 0.5) is 11.4 Å². The number of benzene rings is 3. The molecule has 3 N–H and O–H groups in total. The van der Waals surface area contributed by atoms with Crippen molar-refractivity contribution in [2.45, 2.75) is 0 Å². The van der Waals surface area contributed by atoms with Gasteiger partial charge in [-0.2, -0.15) is 5.26 Å². The average Bonchev–Trinajstić information content (AvgIpc) is 2.65. The maximum absolute atomic E-state index is 12.3. The predicted molar refractivity (Wildman–Crippen MR) is 103 cm³/mol. The first-order valence-electron chi connectivity index (χ1n) is 7.73. The first-order chi connectivity index (χ1) is 12.6. The summed E-state index contributed by atoms with van der Waals surface area (Å²) in [7, 11) is 0. The lowest BCUT2D eigenvalue weighted by atomic mass is 10.1. The van der Waals surface area contributed by atoms with Gasteiger partial charge in [0.05, 0.1) is 0 Å². The van der Waals surface area contributed by atoms with Gasteiger partial charge < -0.3 is 15.7 Å². The highest BCUT2D eigenvalue weighted by Crippen LogP contribution is 2.29. The van der Waals surface area contributed by atoms with E-state index in [4.69, 9.17) is 11.6 Å². The molecule has 3 aromatic carbocycles. The number of carbonyl (C=O) groups is 1. The molecule has 0 unspecified atom stereocenters. The predicted octanol–water partition coefficient (Wildman–Crippen LogP) is 4.66. The van der Waals surface area contributed by atoms with Gasteiger partial charge in [-0.1, -0.05) is 35.9 Å². The van der Waals surface area contributed by atoms with Crippen molar-refractivity contribution in [2.24, 2.45) is 0 Å². The summed E-state index contributed by atoms with van der Waals surface area (Å²) < 4.78 is 0. The maximum Gasteiger partial charge on any atom is 0.267 e. The summed E-state index contributed by atoms with van der Waals surface area (Å²) in [5.41, 5.74) is 1.12. The number of phenolic OH excluding ortho intramolecular Hbond substituents is 1. The standard InChI is InChI=1S/C20H14ClN3O2/c21-14-7-9-15(10-8-14)24-20(26)13(11-22)12-23-18-5-1-4-17-16(18)3-2-6-19(17)25/h1-10,12,23,25H,(H,24,26)/b13-12-. The first kappa shape index (κ1) is 17.3. The van der Waals surface area contributed by atoms with Crippen molar-refractivity contribution >= 4 is 39.7 Å². The minimum Gasteiger partial charge on any atom is -0.507 e. The number of carbonyl (C=O) groups excluding carboxylic acids is 1. The molecular formula is C20H14ClN3O2. The zero-order valence-corrected chi connectivity index (χ0v) is 14.3. The highest BCUT2D eigenvalue weighted by molar-refractivity contribution is 6.30. The number of rotatable bonds is 4. The second kappa shape index (κ2) is 7.60. The Kier molecular flexibility index (Phi) is 5.07. The van der Waals surface area contributed by atoms with Crippen molar-refractivity contribution in [3.8, 4) is 11.8 Å². The van der Waals surface area contributed by atoms with E-state index in [2.05, 4.69) is 10.6 Å².